The van der Waals surface area contributed by atoms with Crippen molar-refractivity contribution in [2.75, 3.05) is 0 Å². The molecule has 0 aliphatic heterocycles. The normalized spacial score (nSPS) is 10.9. The Morgan fingerprint density at radius 1 is 1.39 bits per heavy atom. The van der Waals surface area contributed by atoms with E-state index in [1.165, 1.54) is 0 Å². The maximum absolute atomic E-state index is 12.2. The van der Waals surface area contributed by atoms with E-state index in [-0.39, 0.29) is 23.0 Å². The zero-order valence-corrected chi connectivity index (χ0v) is 9.60. The van der Waals surface area contributed by atoms with Gasteiger partial charge in [0.2, 0.25) is 17.4 Å². The van der Waals surface area contributed by atoms with Crippen LogP contribution in [0.3, 0.4) is 0 Å². The third kappa shape index (κ3) is 1.48. The number of rotatable bonds is 2. The van der Waals surface area contributed by atoms with Crippen molar-refractivity contribution >= 4 is 16.7 Å². The lowest BCUT2D eigenvalue weighted by atomic mass is 10.1. The van der Waals surface area contributed by atoms with Gasteiger partial charge in [-0.05, 0) is 13.0 Å². The van der Waals surface area contributed by atoms with Crippen molar-refractivity contribution in [3.8, 4) is 5.88 Å². The van der Waals surface area contributed by atoms with Crippen molar-refractivity contribution in [2.24, 2.45) is 0 Å². The van der Waals surface area contributed by atoms with Crippen LogP contribution in [-0.4, -0.2) is 21.0 Å². The number of aromatic amines is 1. The molecule has 0 spiro atoms. The number of aromatic hydroxyl groups is 1. The molecule has 0 amide bonds. The number of nitrogens with one attached hydrogen (secondary N) is 1. The van der Waals surface area contributed by atoms with Crippen LogP contribution in [0.2, 0.25) is 0 Å². The van der Waals surface area contributed by atoms with Gasteiger partial charge < -0.3 is 14.6 Å². The van der Waals surface area contributed by atoms with Crippen molar-refractivity contribution in [3.63, 3.8) is 0 Å². The number of benzene rings is 1. The number of ketones is 1. The molecule has 5 nitrogen and oxygen atoms in total. The summed E-state index contributed by atoms with van der Waals surface area (Å²) in [6, 6.07) is 8.73. The number of aryl methyl sites for hydroxylation is 1. The molecule has 2 N–H and O–H groups in total. The van der Waals surface area contributed by atoms with Crippen LogP contribution in [0.4, 0.5) is 0 Å². The van der Waals surface area contributed by atoms with E-state index in [0.29, 0.717) is 16.6 Å². The van der Waals surface area contributed by atoms with Gasteiger partial charge in [0, 0.05) is 17.0 Å². The van der Waals surface area contributed by atoms with Gasteiger partial charge in [0.1, 0.15) is 0 Å². The summed E-state index contributed by atoms with van der Waals surface area (Å²) in [6.45, 7) is 1.73. The van der Waals surface area contributed by atoms with Gasteiger partial charge in [-0.15, -0.1) is 0 Å². The van der Waals surface area contributed by atoms with E-state index < -0.39 is 0 Å². The fourth-order valence-electron chi connectivity index (χ4n) is 1.95. The largest absolute Gasteiger partial charge is 0.494 e. The van der Waals surface area contributed by atoms with Crippen LogP contribution in [0.25, 0.3) is 10.9 Å². The first-order valence-corrected chi connectivity index (χ1v) is 5.44. The molecule has 1 aromatic carbocycles. The average molecular weight is 242 g/mol. The number of aromatic nitrogens is 2. The zero-order valence-electron chi connectivity index (χ0n) is 9.60. The molecule has 0 radical (unpaired) electrons. The van der Waals surface area contributed by atoms with Gasteiger partial charge in [-0.1, -0.05) is 23.4 Å². The molecule has 0 atom stereocenters. The molecule has 0 saturated heterocycles. The Hall–Kier alpha value is -2.56. The molecule has 2 heterocycles. The Morgan fingerprint density at radius 2 is 2.17 bits per heavy atom. The molecule has 18 heavy (non-hydrogen) atoms. The SMILES string of the molecule is Cc1cc(C(=O)c2c(O)[nH]c3ccccc23)on1. The number of carbonyl (C=O) groups is 1. The minimum Gasteiger partial charge on any atom is -0.494 e. The van der Waals surface area contributed by atoms with Gasteiger partial charge in [-0.3, -0.25) is 4.79 Å². The summed E-state index contributed by atoms with van der Waals surface area (Å²) in [5, 5.41) is 14.2. The minimum atomic E-state index is -0.384. The second-order valence-corrected chi connectivity index (χ2v) is 4.06. The highest BCUT2D eigenvalue weighted by Gasteiger charge is 2.22. The van der Waals surface area contributed by atoms with Gasteiger partial charge in [0.05, 0.1) is 11.3 Å². The van der Waals surface area contributed by atoms with Crippen molar-refractivity contribution in [3.05, 3.63) is 47.3 Å². The van der Waals surface area contributed by atoms with E-state index in [1.54, 1.807) is 31.2 Å². The molecule has 90 valence electrons. The molecule has 0 bridgehead atoms. The first kappa shape index (κ1) is 10.6. The van der Waals surface area contributed by atoms with Crippen LogP contribution in [0.1, 0.15) is 21.8 Å². The summed E-state index contributed by atoms with van der Waals surface area (Å²) < 4.78 is 4.93. The zero-order chi connectivity index (χ0) is 12.7. The molecular formula is C13H10N2O3. The Labute approximate surface area is 102 Å². The first-order chi connectivity index (χ1) is 8.66. The molecule has 0 aliphatic carbocycles. The molecule has 0 unspecified atom stereocenters. The lowest BCUT2D eigenvalue weighted by Crippen LogP contribution is -1.98. The van der Waals surface area contributed by atoms with Crippen molar-refractivity contribution in [1.29, 1.82) is 0 Å². The molecule has 2 aromatic heterocycles. The molecule has 0 fully saturated rings. The summed E-state index contributed by atoms with van der Waals surface area (Å²) in [6.07, 6.45) is 0. The maximum atomic E-state index is 12.2. The number of fused-ring (bicyclic) bond motifs is 1. The van der Waals surface area contributed by atoms with Crippen LogP contribution in [0.15, 0.2) is 34.9 Å². The summed E-state index contributed by atoms with van der Waals surface area (Å²) in [5.74, 6) is -0.423. The van der Waals surface area contributed by atoms with Crippen LogP contribution in [0.5, 0.6) is 5.88 Å². The van der Waals surface area contributed by atoms with Gasteiger partial charge in [0.25, 0.3) is 0 Å². The van der Waals surface area contributed by atoms with Gasteiger partial charge >= 0.3 is 0 Å². The molecule has 5 heteroatoms. The topological polar surface area (TPSA) is 79.1 Å². The van der Waals surface area contributed by atoms with Crippen LogP contribution >= 0.6 is 0 Å². The summed E-state index contributed by atoms with van der Waals surface area (Å²) in [5.41, 5.74) is 1.54. The average Bonchev–Trinajstić information content (AvgIpc) is 2.91. The fourth-order valence-corrected chi connectivity index (χ4v) is 1.95. The molecule has 0 aliphatic rings. The van der Waals surface area contributed by atoms with E-state index in [0.717, 1.165) is 0 Å². The van der Waals surface area contributed by atoms with E-state index >= 15 is 0 Å². The van der Waals surface area contributed by atoms with Gasteiger partial charge in [0.15, 0.2) is 0 Å². The van der Waals surface area contributed by atoms with Crippen molar-refractivity contribution in [1.82, 2.24) is 10.1 Å². The fraction of sp³-hybridized carbons (Fsp3) is 0.0769. The lowest BCUT2D eigenvalue weighted by Gasteiger charge is -1.95. The monoisotopic (exact) mass is 242 g/mol. The Bertz CT molecular complexity index is 740. The van der Waals surface area contributed by atoms with Crippen molar-refractivity contribution < 1.29 is 14.4 Å². The standard InChI is InChI=1S/C13H10N2O3/c1-7-6-10(18-15-7)12(16)11-8-4-2-3-5-9(8)14-13(11)17/h2-6,14,17H,1H3. The Morgan fingerprint density at radius 3 is 2.89 bits per heavy atom. The van der Waals surface area contributed by atoms with E-state index in [2.05, 4.69) is 10.1 Å². The number of nitrogens with zero attached hydrogens (tertiary/aromatic N) is 1. The van der Waals surface area contributed by atoms with Gasteiger partial charge in [-0.2, -0.15) is 0 Å². The molecular weight excluding hydrogens is 232 g/mol. The number of para-hydroxylation sites is 1. The summed E-state index contributed by atoms with van der Waals surface area (Å²) in [7, 11) is 0. The Kier molecular flexibility index (Phi) is 2.19. The highest BCUT2D eigenvalue weighted by Crippen LogP contribution is 2.29. The molecule has 3 rings (SSSR count). The smallest absolute Gasteiger partial charge is 0.237 e. The first-order valence-electron chi connectivity index (χ1n) is 5.44. The highest BCUT2D eigenvalue weighted by molar-refractivity contribution is 6.16. The predicted octanol–water partition coefficient (Wildman–Crippen LogP) is 2.40. The van der Waals surface area contributed by atoms with Crippen LogP contribution < -0.4 is 0 Å². The number of H-pyrrole nitrogens is 1. The third-order valence-corrected chi connectivity index (χ3v) is 2.77. The lowest BCUT2D eigenvalue weighted by molar-refractivity contribution is 0.0999. The number of hydrogen-bond acceptors (Lipinski definition) is 4. The maximum Gasteiger partial charge on any atom is 0.237 e. The number of carbonyl (C=O) groups excluding carboxylic acids is 1. The predicted molar refractivity (Wildman–Crippen MR) is 64.6 cm³/mol. The van der Waals surface area contributed by atoms with E-state index in [1.807, 2.05) is 6.07 Å². The second kappa shape index (κ2) is 3.73. The van der Waals surface area contributed by atoms with E-state index in [4.69, 9.17) is 4.52 Å². The van der Waals surface area contributed by atoms with Crippen LogP contribution in [-0.2, 0) is 0 Å². The second-order valence-electron chi connectivity index (χ2n) is 4.06. The molecule has 0 saturated carbocycles. The van der Waals surface area contributed by atoms with E-state index in [9.17, 15) is 9.90 Å². The van der Waals surface area contributed by atoms with Crippen LogP contribution in [0, 0.1) is 6.92 Å². The van der Waals surface area contributed by atoms with Crippen molar-refractivity contribution in [2.45, 2.75) is 6.92 Å². The Balaban J connectivity index is 2.20. The molecule has 3 aromatic rings. The quantitative estimate of drug-likeness (QED) is 0.676. The minimum absolute atomic E-state index is 0.118. The highest BCUT2D eigenvalue weighted by atomic mass is 16.5. The summed E-state index contributed by atoms with van der Waals surface area (Å²) in [4.78, 5) is 15.0. The number of hydrogen-bond donors (Lipinski definition) is 2. The summed E-state index contributed by atoms with van der Waals surface area (Å²) >= 11 is 0. The van der Waals surface area contributed by atoms with Gasteiger partial charge in [-0.25, -0.2) is 0 Å². The third-order valence-electron chi connectivity index (χ3n) is 2.77.